The number of nitrogens with zero attached hydrogens (tertiary/aromatic N) is 4. The second-order valence-corrected chi connectivity index (χ2v) is 6.73. The van der Waals surface area contributed by atoms with E-state index < -0.39 is 0 Å². The van der Waals surface area contributed by atoms with Crippen LogP contribution >= 0.6 is 0 Å². The Labute approximate surface area is 151 Å². The number of piperazine rings is 1. The van der Waals surface area contributed by atoms with Gasteiger partial charge in [-0.3, -0.25) is 0 Å². The van der Waals surface area contributed by atoms with Crippen LogP contribution in [0.4, 0.5) is 17.3 Å². The number of para-hydroxylation sites is 1. The summed E-state index contributed by atoms with van der Waals surface area (Å²) in [5.74, 6) is 2.72. The van der Waals surface area contributed by atoms with Crippen LogP contribution in [-0.2, 0) is 12.8 Å². The Morgan fingerprint density at radius 3 is 2.24 bits per heavy atom. The third kappa shape index (κ3) is 4.10. The predicted octanol–water partition coefficient (Wildman–Crippen LogP) is 3.41. The highest BCUT2D eigenvalue weighted by Gasteiger charge is 2.17. The lowest BCUT2D eigenvalue weighted by atomic mass is 10.0. The lowest BCUT2D eigenvalue weighted by molar-refractivity contribution is 0.312. The fourth-order valence-electron chi connectivity index (χ4n) is 3.34. The Morgan fingerprint density at radius 2 is 1.64 bits per heavy atom. The molecule has 0 aliphatic carbocycles. The van der Waals surface area contributed by atoms with Crippen molar-refractivity contribution in [3.63, 3.8) is 0 Å². The average Bonchev–Trinajstić information content (AvgIpc) is 2.62. The summed E-state index contributed by atoms with van der Waals surface area (Å²) in [6.45, 7) is 10.5. The molecule has 134 valence electrons. The lowest BCUT2D eigenvalue weighted by Gasteiger charge is -2.33. The van der Waals surface area contributed by atoms with Crippen LogP contribution < -0.4 is 10.2 Å². The number of aromatic nitrogens is 2. The topological polar surface area (TPSA) is 44.3 Å². The lowest BCUT2D eigenvalue weighted by Crippen LogP contribution is -2.44. The van der Waals surface area contributed by atoms with Crippen LogP contribution in [0.3, 0.4) is 0 Å². The van der Waals surface area contributed by atoms with E-state index in [1.165, 1.54) is 16.8 Å². The van der Waals surface area contributed by atoms with E-state index in [1.54, 1.807) is 0 Å². The van der Waals surface area contributed by atoms with E-state index in [2.05, 4.69) is 70.2 Å². The van der Waals surface area contributed by atoms with E-state index in [4.69, 9.17) is 0 Å². The Balaban J connectivity index is 1.89. The molecular formula is C20H29N5. The molecule has 0 saturated carbocycles. The number of hydrogen-bond acceptors (Lipinski definition) is 5. The van der Waals surface area contributed by atoms with Crippen LogP contribution in [0.1, 0.15) is 30.8 Å². The third-order valence-corrected chi connectivity index (χ3v) is 4.90. The maximum absolute atomic E-state index is 4.67. The molecule has 5 heteroatoms. The van der Waals surface area contributed by atoms with E-state index in [-0.39, 0.29) is 0 Å². The van der Waals surface area contributed by atoms with Crippen LogP contribution in [0.25, 0.3) is 0 Å². The van der Waals surface area contributed by atoms with Crippen LogP contribution in [-0.4, -0.2) is 48.1 Å². The van der Waals surface area contributed by atoms with Gasteiger partial charge in [-0.25, -0.2) is 9.97 Å². The maximum Gasteiger partial charge on any atom is 0.136 e. The van der Waals surface area contributed by atoms with Crippen molar-refractivity contribution in [3.05, 3.63) is 41.2 Å². The summed E-state index contributed by atoms with van der Waals surface area (Å²) in [6.07, 6.45) is 2.01. The van der Waals surface area contributed by atoms with Gasteiger partial charge in [-0.15, -0.1) is 0 Å². The number of hydrogen-bond donors (Lipinski definition) is 1. The van der Waals surface area contributed by atoms with Gasteiger partial charge in [0.25, 0.3) is 0 Å². The van der Waals surface area contributed by atoms with Crippen molar-refractivity contribution in [2.24, 2.45) is 0 Å². The molecule has 1 aromatic heterocycles. The molecule has 1 fully saturated rings. The van der Waals surface area contributed by atoms with Gasteiger partial charge in [0.05, 0.1) is 0 Å². The summed E-state index contributed by atoms with van der Waals surface area (Å²) < 4.78 is 0. The summed E-state index contributed by atoms with van der Waals surface area (Å²) >= 11 is 0. The van der Waals surface area contributed by atoms with Crippen molar-refractivity contribution in [2.75, 3.05) is 43.4 Å². The van der Waals surface area contributed by atoms with Gasteiger partial charge < -0.3 is 15.1 Å². The van der Waals surface area contributed by atoms with E-state index in [0.29, 0.717) is 0 Å². The monoisotopic (exact) mass is 339 g/mol. The number of aryl methyl sites for hydroxylation is 3. The van der Waals surface area contributed by atoms with Crippen molar-refractivity contribution in [1.29, 1.82) is 0 Å². The van der Waals surface area contributed by atoms with Crippen LogP contribution in [0.15, 0.2) is 24.3 Å². The fourth-order valence-corrected chi connectivity index (χ4v) is 3.34. The minimum absolute atomic E-state index is 0.811. The highest BCUT2D eigenvalue weighted by molar-refractivity contribution is 5.66. The standard InChI is InChI=1S/C20H29N5/c1-5-16-8-7-9-17(6-2)20(16)23-18-14-19(22-15(3)21-18)25-12-10-24(4)11-13-25/h7-9,14H,5-6,10-13H2,1-4H3,(H,21,22,23). The van der Waals surface area contributed by atoms with E-state index in [1.807, 2.05) is 6.92 Å². The van der Waals surface area contributed by atoms with Gasteiger partial charge in [0.15, 0.2) is 0 Å². The zero-order valence-electron chi connectivity index (χ0n) is 15.8. The molecule has 1 saturated heterocycles. The number of benzene rings is 1. The summed E-state index contributed by atoms with van der Waals surface area (Å²) in [5.41, 5.74) is 3.86. The van der Waals surface area contributed by atoms with Gasteiger partial charge in [0.2, 0.25) is 0 Å². The highest BCUT2D eigenvalue weighted by atomic mass is 15.3. The van der Waals surface area contributed by atoms with Gasteiger partial charge >= 0.3 is 0 Å². The largest absolute Gasteiger partial charge is 0.354 e. The molecule has 25 heavy (non-hydrogen) atoms. The summed E-state index contributed by atoms with van der Waals surface area (Å²) in [4.78, 5) is 14.0. The molecule has 0 amide bonds. The second kappa shape index (κ2) is 7.83. The number of anilines is 3. The summed E-state index contributed by atoms with van der Waals surface area (Å²) in [7, 11) is 2.17. The molecule has 5 nitrogen and oxygen atoms in total. The van der Waals surface area contributed by atoms with Gasteiger partial charge in [-0.05, 0) is 37.9 Å². The molecule has 1 aromatic carbocycles. The summed E-state index contributed by atoms with van der Waals surface area (Å²) in [6, 6.07) is 8.61. The van der Waals surface area contributed by atoms with Crippen molar-refractivity contribution >= 4 is 17.3 Å². The van der Waals surface area contributed by atoms with Crippen molar-refractivity contribution < 1.29 is 0 Å². The molecule has 2 heterocycles. The van der Waals surface area contributed by atoms with Crippen LogP contribution in [0.5, 0.6) is 0 Å². The molecule has 0 radical (unpaired) electrons. The zero-order chi connectivity index (χ0) is 17.8. The molecule has 0 unspecified atom stereocenters. The van der Waals surface area contributed by atoms with Crippen LogP contribution in [0.2, 0.25) is 0 Å². The number of nitrogens with one attached hydrogen (secondary N) is 1. The zero-order valence-corrected chi connectivity index (χ0v) is 15.8. The molecule has 0 atom stereocenters. The fraction of sp³-hybridized carbons (Fsp3) is 0.500. The van der Waals surface area contributed by atoms with Crippen molar-refractivity contribution in [1.82, 2.24) is 14.9 Å². The van der Waals surface area contributed by atoms with Crippen molar-refractivity contribution in [3.8, 4) is 0 Å². The summed E-state index contributed by atoms with van der Waals surface area (Å²) in [5, 5.41) is 3.58. The second-order valence-electron chi connectivity index (χ2n) is 6.73. The van der Waals surface area contributed by atoms with E-state index in [0.717, 1.165) is 56.5 Å². The molecule has 2 aromatic rings. The maximum atomic E-state index is 4.67. The smallest absolute Gasteiger partial charge is 0.136 e. The van der Waals surface area contributed by atoms with E-state index >= 15 is 0 Å². The Bertz CT molecular complexity index is 698. The first-order valence-electron chi connectivity index (χ1n) is 9.27. The first-order chi connectivity index (χ1) is 12.1. The Kier molecular flexibility index (Phi) is 5.53. The van der Waals surface area contributed by atoms with Gasteiger partial charge in [-0.2, -0.15) is 0 Å². The quantitative estimate of drug-likeness (QED) is 0.904. The normalized spacial score (nSPS) is 15.4. The highest BCUT2D eigenvalue weighted by Crippen LogP contribution is 2.27. The Morgan fingerprint density at radius 1 is 1.00 bits per heavy atom. The molecule has 1 N–H and O–H groups in total. The predicted molar refractivity (Wildman–Crippen MR) is 105 cm³/mol. The Hall–Kier alpha value is -2.14. The number of likely N-dealkylation sites (N-methyl/N-ethyl adjacent to an activating group) is 1. The van der Waals surface area contributed by atoms with E-state index in [9.17, 15) is 0 Å². The number of rotatable bonds is 5. The molecule has 0 bridgehead atoms. The van der Waals surface area contributed by atoms with Gasteiger partial charge in [0, 0.05) is 37.9 Å². The SMILES string of the molecule is CCc1cccc(CC)c1Nc1cc(N2CCN(C)CC2)nc(C)n1. The molecular weight excluding hydrogens is 310 g/mol. The first-order valence-corrected chi connectivity index (χ1v) is 9.27. The van der Waals surface area contributed by atoms with Crippen LogP contribution in [0, 0.1) is 6.92 Å². The van der Waals surface area contributed by atoms with Gasteiger partial charge in [-0.1, -0.05) is 32.0 Å². The third-order valence-electron chi connectivity index (χ3n) is 4.90. The molecule has 1 aliphatic rings. The minimum Gasteiger partial charge on any atom is -0.354 e. The molecule has 0 spiro atoms. The van der Waals surface area contributed by atoms with Crippen molar-refractivity contribution in [2.45, 2.75) is 33.6 Å². The average molecular weight is 339 g/mol. The van der Waals surface area contributed by atoms with Gasteiger partial charge in [0.1, 0.15) is 17.5 Å². The minimum atomic E-state index is 0.811. The molecule has 1 aliphatic heterocycles. The first kappa shape index (κ1) is 17.7. The molecule has 3 rings (SSSR count).